The molecule has 0 aliphatic heterocycles. The summed E-state index contributed by atoms with van der Waals surface area (Å²) in [7, 11) is 1.77. The molecule has 16 heavy (non-hydrogen) atoms. The third kappa shape index (κ3) is 2.58. The molecule has 0 bridgehead atoms. The Labute approximate surface area is 94.8 Å². The molecule has 1 aromatic rings. The molecule has 1 heterocycles. The number of hydrogen-bond acceptors (Lipinski definition) is 2. The van der Waals surface area contributed by atoms with Crippen molar-refractivity contribution in [2.75, 3.05) is 6.54 Å². The lowest BCUT2D eigenvalue weighted by atomic mass is 10.1. The molecule has 3 nitrogen and oxygen atoms in total. The summed E-state index contributed by atoms with van der Waals surface area (Å²) in [5.74, 6) is 0. The van der Waals surface area contributed by atoms with Gasteiger partial charge in [-0.1, -0.05) is 6.92 Å². The van der Waals surface area contributed by atoms with Crippen LogP contribution in [-0.2, 0) is 7.05 Å². The summed E-state index contributed by atoms with van der Waals surface area (Å²) in [5.41, 5.74) is 2.10. The second kappa shape index (κ2) is 5.39. The zero-order valence-corrected chi connectivity index (χ0v) is 10.2. The van der Waals surface area contributed by atoms with E-state index in [9.17, 15) is 8.78 Å². The van der Waals surface area contributed by atoms with E-state index in [0.717, 1.165) is 12.1 Å². The van der Waals surface area contributed by atoms with Crippen LogP contribution in [0.5, 0.6) is 0 Å². The minimum absolute atomic E-state index is 0.586. The van der Waals surface area contributed by atoms with Gasteiger partial charge in [-0.3, -0.25) is 4.68 Å². The standard InChI is InChI=1S/C11H19F2N3/c1-5-6-14-10(11(12)13)9-7(2)15-16(4)8(9)3/h10-11,14H,5-6H2,1-4H3. The van der Waals surface area contributed by atoms with E-state index in [1.165, 1.54) is 0 Å². The Balaban J connectivity index is 3.00. The summed E-state index contributed by atoms with van der Waals surface area (Å²) in [6.45, 7) is 6.13. The third-order valence-corrected chi connectivity index (χ3v) is 2.74. The second-order valence-electron chi connectivity index (χ2n) is 3.97. The number of alkyl halides is 2. The number of halogens is 2. The van der Waals surface area contributed by atoms with Gasteiger partial charge in [-0.05, 0) is 26.8 Å². The van der Waals surface area contributed by atoms with Crippen LogP contribution in [0.15, 0.2) is 0 Å². The lowest BCUT2D eigenvalue weighted by molar-refractivity contribution is 0.0978. The van der Waals surface area contributed by atoms with Gasteiger partial charge in [0.15, 0.2) is 0 Å². The highest BCUT2D eigenvalue weighted by atomic mass is 19.3. The summed E-state index contributed by atoms with van der Waals surface area (Å²) in [5, 5.41) is 7.04. The molecule has 0 aliphatic carbocycles. The van der Waals surface area contributed by atoms with Crippen molar-refractivity contribution >= 4 is 0 Å². The third-order valence-electron chi connectivity index (χ3n) is 2.74. The van der Waals surface area contributed by atoms with Crippen molar-refractivity contribution in [1.29, 1.82) is 0 Å². The number of aromatic nitrogens is 2. The van der Waals surface area contributed by atoms with Crippen molar-refractivity contribution in [1.82, 2.24) is 15.1 Å². The number of nitrogens with one attached hydrogen (secondary N) is 1. The summed E-state index contributed by atoms with van der Waals surface area (Å²) in [6, 6.07) is -0.909. The Morgan fingerprint density at radius 1 is 1.38 bits per heavy atom. The predicted molar refractivity (Wildman–Crippen MR) is 59.7 cm³/mol. The average molecular weight is 231 g/mol. The zero-order chi connectivity index (χ0) is 12.3. The fourth-order valence-electron chi connectivity index (χ4n) is 1.86. The van der Waals surface area contributed by atoms with Crippen LogP contribution in [0.3, 0.4) is 0 Å². The van der Waals surface area contributed by atoms with Crippen molar-refractivity contribution in [3.8, 4) is 0 Å². The smallest absolute Gasteiger partial charge is 0.257 e. The fraction of sp³-hybridized carbons (Fsp3) is 0.727. The molecule has 0 spiro atoms. The minimum atomic E-state index is -2.41. The normalized spacial score (nSPS) is 13.4. The van der Waals surface area contributed by atoms with Gasteiger partial charge in [0.05, 0.1) is 11.7 Å². The first kappa shape index (κ1) is 13.1. The molecule has 0 amide bonds. The van der Waals surface area contributed by atoms with E-state index in [2.05, 4.69) is 10.4 Å². The second-order valence-corrected chi connectivity index (χ2v) is 3.97. The van der Waals surface area contributed by atoms with E-state index in [1.807, 2.05) is 13.8 Å². The van der Waals surface area contributed by atoms with Crippen LogP contribution in [0.1, 0.15) is 36.3 Å². The zero-order valence-electron chi connectivity index (χ0n) is 10.2. The van der Waals surface area contributed by atoms with Crippen LogP contribution < -0.4 is 5.32 Å². The molecule has 0 aromatic carbocycles. The predicted octanol–water partition coefficient (Wildman–Crippen LogP) is 2.34. The van der Waals surface area contributed by atoms with E-state index in [1.54, 1.807) is 18.7 Å². The molecule has 92 valence electrons. The lowest BCUT2D eigenvalue weighted by Crippen LogP contribution is -2.29. The topological polar surface area (TPSA) is 29.9 Å². The quantitative estimate of drug-likeness (QED) is 0.843. The molecule has 0 fully saturated rings. The molecule has 0 saturated carbocycles. The first-order valence-electron chi connectivity index (χ1n) is 5.50. The van der Waals surface area contributed by atoms with Crippen LogP contribution in [0.2, 0.25) is 0 Å². The summed E-state index contributed by atoms with van der Waals surface area (Å²) < 4.78 is 27.6. The Bertz CT molecular complexity index is 347. The Kier molecular flexibility index (Phi) is 4.41. The highest BCUT2D eigenvalue weighted by Gasteiger charge is 2.27. The van der Waals surface area contributed by atoms with Gasteiger partial charge in [-0.25, -0.2) is 8.78 Å². The summed E-state index contributed by atoms with van der Waals surface area (Å²) in [4.78, 5) is 0. The maximum absolute atomic E-state index is 13.0. The van der Waals surface area contributed by atoms with Crippen molar-refractivity contribution in [2.24, 2.45) is 7.05 Å². The van der Waals surface area contributed by atoms with Gasteiger partial charge >= 0.3 is 0 Å². The molecule has 0 aliphatic rings. The molecule has 1 aromatic heterocycles. The highest BCUT2D eigenvalue weighted by Crippen LogP contribution is 2.26. The number of hydrogen-bond donors (Lipinski definition) is 1. The Morgan fingerprint density at radius 3 is 2.38 bits per heavy atom. The molecule has 0 saturated heterocycles. The van der Waals surface area contributed by atoms with E-state index >= 15 is 0 Å². The van der Waals surface area contributed by atoms with Crippen molar-refractivity contribution in [3.05, 3.63) is 17.0 Å². The number of aryl methyl sites for hydroxylation is 2. The average Bonchev–Trinajstić information content (AvgIpc) is 2.44. The number of rotatable bonds is 5. The minimum Gasteiger partial charge on any atom is -0.305 e. The highest BCUT2D eigenvalue weighted by molar-refractivity contribution is 5.28. The molecule has 0 radical (unpaired) electrons. The molecular formula is C11H19F2N3. The van der Waals surface area contributed by atoms with Crippen molar-refractivity contribution in [2.45, 2.75) is 39.7 Å². The van der Waals surface area contributed by atoms with E-state index in [4.69, 9.17) is 0 Å². The summed E-state index contributed by atoms with van der Waals surface area (Å²) >= 11 is 0. The van der Waals surface area contributed by atoms with Crippen molar-refractivity contribution in [3.63, 3.8) is 0 Å². The van der Waals surface area contributed by atoms with Gasteiger partial charge in [0.25, 0.3) is 6.43 Å². The monoisotopic (exact) mass is 231 g/mol. The maximum Gasteiger partial charge on any atom is 0.257 e. The molecular weight excluding hydrogens is 212 g/mol. The van der Waals surface area contributed by atoms with Gasteiger partial charge < -0.3 is 5.32 Å². The van der Waals surface area contributed by atoms with Crippen LogP contribution in [0.4, 0.5) is 8.78 Å². The van der Waals surface area contributed by atoms with Gasteiger partial charge in [-0.2, -0.15) is 5.10 Å². The first-order valence-corrected chi connectivity index (χ1v) is 5.50. The van der Waals surface area contributed by atoms with Gasteiger partial charge in [0.1, 0.15) is 0 Å². The van der Waals surface area contributed by atoms with E-state index in [0.29, 0.717) is 17.8 Å². The van der Waals surface area contributed by atoms with Gasteiger partial charge in [-0.15, -0.1) is 0 Å². The van der Waals surface area contributed by atoms with Gasteiger partial charge in [0.2, 0.25) is 0 Å². The van der Waals surface area contributed by atoms with Crippen LogP contribution in [0, 0.1) is 13.8 Å². The lowest BCUT2D eigenvalue weighted by Gasteiger charge is -2.18. The van der Waals surface area contributed by atoms with Crippen LogP contribution in [-0.4, -0.2) is 22.8 Å². The molecule has 1 atom stereocenters. The van der Waals surface area contributed by atoms with E-state index in [-0.39, 0.29) is 0 Å². The van der Waals surface area contributed by atoms with Crippen molar-refractivity contribution < 1.29 is 8.78 Å². The fourth-order valence-corrected chi connectivity index (χ4v) is 1.86. The number of nitrogens with zero attached hydrogens (tertiary/aromatic N) is 2. The molecule has 1 N–H and O–H groups in total. The van der Waals surface area contributed by atoms with Gasteiger partial charge in [0, 0.05) is 18.3 Å². The largest absolute Gasteiger partial charge is 0.305 e. The van der Waals surface area contributed by atoms with Crippen LogP contribution in [0.25, 0.3) is 0 Å². The Hall–Kier alpha value is -0.970. The SMILES string of the molecule is CCCNC(c1c(C)nn(C)c1C)C(F)F. The molecule has 5 heteroatoms. The first-order chi connectivity index (χ1) is 7.49. The summed E-state index contributed by atoms with van der Waals surface area (Å²) in [6.07, 6.45) is -1.57. The maximum atomic E-state index is 13.0. The molecule has 1 unspecified atom stereocenters. The van der Waals surface area contributed by atoms with Crippen LogP contribution >= 0.6 is 0 Å². The molecule has 1 rings (SSSR count). The Morgan fingerprint density at radius 2 is 2.00 bits per heavy atom. The van der Waals surface area contributed by atoms with E-state index < -0.39 is 12.5 Å².